The van der Waals surface area contributed by atoms with Gasteiger partial charge in [-0.1, -0.05) is 18.2 Å². The van der Waals surface area contributed by atoms with Crippen LogP contribution in [0.3, 0.4) is 0 Å². The second-order valence-corrected chi connectivity index (χ2v) is 6.53. The highest BCUT2D eigenvalue weighted by Crippen LogP contribution is 2.27. The normalized spacial score (nSPS) is 16.4. The largest absolute Gasteiger partial charge is 0.381 e. The van der Waals surface area contributed by atoms with Crippen LogP contribution in [0.15, 0.2) is 35.4 Å². The summed E-state index contributed by atoms with van der Waals surface area (Å²) >= 11 is 0. The van der Waals surface area contributed by atoms with Crippen LogP contribution in [0.4, 0.5) is 5.69 Å². The van der Waals surface area contributed by atoms with Crippen LogP contribution in [0.5, 0.6) is 0 Å². The number of rotatable bonds is 10. The van der Waals surface area contributed by atoms with E-state index in [9.17, 15) is 14.4 Å². The number of amides is 3. The molecule has 5 N–H and O–H groups in total. The summed E-state index contributed by atoms with van der Waals surface area (Å²) in [6.07, 6.45) is 2.65. The number of hydrazone groups is 1. The Labute approximate surface area is 169 Å². The summed E-state index contributed by atoms with van der Waals surface area (Å²) in [5, 5.41) is 19.4. The van der Waals surface area contributed by atoms with Gasteiger partial charge in [0, 0.05) is 20.3 Å². The molecular formula is C19H26N6O4. The fraction of sp³-hybridized carbons (Fsp3) is 0.421. The topological polar surface area (TPSA) is 145 Å². The number of ether oxygens (including phenoxy) is 1. The van der Waals surface area contributed by atoms with Crippen LogP contribution in [0.25, 0.3) is 0 Å². The molecule has 1 saturated heterocycles. The lowest BCUT2D eigenvalue weighted by molar-refractivity contribution is -0.134. The van der Waals surface area contributed by atoms with Gasteiger partial charge in [-0.2, -0.15) is 5.10 Å². The van der Waals surface area contributed by atoms with Crippen molar-refractivity contribution >= 4 is 35.8 Å². The summed E-state index contributed by atoms with van der Waals surface area (Å²) < 4.78 is 5.34. The summed E-state index contributed by atoms with van der Waals surface area (Å²) in [7, 11) is 1.47. The summed E-state index contributed by atoms with van der Waals surface area (Å²) in [4.78, 5) is 36.2. The molecule has 1 unspecified atom stereocenters. The lowest BCUT2D eigenvalue weighted by atomic mass is 9.77. The van der Waals surface area contributed by atoms with Crippen LogP contribution in [0.1, 0.15) is 12.8 Å². The van der Waals surface area contributed by atoms with E-state index >= 15 is 0 Å². The van der Waals surface area contributed by atoms with Crippen LogP contribution in [0, 0.1) is 11.3 Å². The number of hydrogen-bond donors (Lipinski definition) is 5. The molecule has 0 spiro atoms. The predicted molar refractivity (Wildman–Crippen MR) is 109 cm³/mol. The van der Waals surface area contributed by atoms with Gasteiger partial charge in [0.05, 0.1) is 18.4 Å². The van der Waals surface area contributed by atoms with Gasteiger partial charge in [0.25, 0.3) is 5.91 Å². The smallest absolute Gasteiger partial charge is 0.270 e. The molecular weight excluding hydrogens is 376 g/mol. The molecule has 1 aromatic carbocycles. The van der Waals surface area contributed by atoms with Gasteiger partial charge in [0.2, 0.25) is 12.3 Å². The minimum absolute atomic E-state index is 0.156. The van der Waals surface area contributed by atoms with Gasteiger partial charge in [0.1, 0.15) is 11.3 Å². The van der Waals surface area contributed by atoms with Crippen LogP contribution in [-0.4, -0.2) is 62.5 Å². The first-order chi connectivity index (χ1) is 14.0. The number of benzene rings is 1. The molecule has 3 amide bonds. The number of carbonyl (C=O) groups excluding carboxylic acids is 3. The van der Waals surface area contributed by atoms with Gasteiger partial charge < -0.3 is 20.7 Å². The Bertz CT molecular complexity index is 748. The highest BCUT2D eigenvalue weighted by atomic mass is 16.5. The summed E-state index contributed by atoms with van der Waals surface area (Å²) in [5.41, 5.74) is 1.71. The molecule has 0 aliphatic carbocycles. The standard InChI is InChI=1S/C19H26N6O4/c1-21-18(28)19(23-13-26,14-7-9-29-10-8-14)12-22-17(27)16(20)11-24-25-15-5-3-2-4-6-15/h2-6,11,13-14,20,25H,7-10,12H2,1H3,(H,21,28)(H,22,27)(H,23,26)/b20-16?,24-11-. The van der Waals surface area contributed by atoms with Gasteiger partial charge in [-0.25, -0.2) is 0 Å². The summed E-state index contributed by atoms with van der Waals surface area (Å²) in [6, 6.07) is 9.08. The SMILES string of the molecule is CNC(=O)C(CNC(=O)C(=N)/C=N\Nc1ccccc1)(NC=O)C1CCOCC1. The molecule has 10 heteroatoms. The minimum atomic E-state index is -1.32. The number of nitrogens with one attached hydrogen (secondary N) is 5. The van der Waals surface area contributed by atoms with Crippen LogP contribution in [0.2, 0.25) is 0 Å². The van der Waals surface area contributed by atoms with Crippen LogP contribution in [-0.2, 0) is 19.1 Å². The number of anilines is 1. The monoisotopic (exact) mass is 402 g/mol. The Morgan fingerprint density at radius 3 is 2.59 bits per heavy atom. The van der Waals surface area contributed by atoms with Crippen molar-refractivity contribution in [1.82, 2.24) is 16.0 Å². The first-order valence-electron chi connectivity index (χ1n) is 9.25. The molecule has 1 aliphatic heterocycles. The fourth-order valence-corrected chi connectivity index (χ4v) is 3.22. The number of nitrogens with zero attached hydrogens (tertiary/aromatic N) is 1. The maximum Gasteiger partial charge on any atom is 0.270 e. The van der Waals surface area contributed by atoms with E-state index in [1.165, 1.54) is 7.05 Å². The second kappa shape index (κ2) is 10.9. The Hall–Kier alpha value is -3.27. The first kappa shape index (κ1) is 22.0. The van der Waals surface area contributed by atoms with E-state index in [0.29, 0.717) is 38.2 Å². The summed E-state index contributed by atoms with van der Waals surface area (Å²) in [6.45, 7) is 0.772. The van der Waals surface area contributed by atoms with Crippen molar-refractivity contribution in [3.63, 3.8) is 0 Å². The molecule has 1 aromatic rings. The van der Waals surface area contributed by atoms with Crippen molar-refractivity contribution in [3.8, 4) is 0 Å². The molecule has 0 radical (unpaired) electrons. The molecule has 1 fully saturated rings. The third-order valence-electron chi connectivity index (χ3n) is 4.80. The van der Waals surface area contributed by atoms with Crippen LogP contribution < -0.4 is 21.4 Å². The Kier molecular flexibility index (Phi) is 8.28. The molecule has 156 valence electrons. The molecule has 1 heterocycles. The van der Waals surface area contributed by atoms with Crippen LogP contribution >= 0.6 is 0 Å². The molecule has 2 rings (SSSR count). The zero-order valence-corrected chi connectivity index (χ0v) is 16.2. The van der Waals surface area contributed by atoms with E-state index in [1.54, 1.807) is 12.1 Å². The van der Waals surface area contributed by atoms with Crippen molar-refractivity contribution in [2.75, 3.05) is 32.2 Å². The van der Waals surface area contributed by atoms with Crippen molar-refractivity contribution in [2.45, 2.75) is 18.4 Å². The van der Waals surface area contributed by atoms with E-state index in [-0.39, 0.29) is 12.5 Å². The molecule has 0 aromatic heterocycles. The van der Waals surface area contributed by atoms with E-state index < -0.39 is 23.1 Å². The number of likely N-dealkylation sites (N-methyl/N-ethyl adjacent to an activating group) is 1. The van der Waals surface area contributed by atoms with E-state index in [2.05, 4.69) is 26.5 Å². The zero-order chi connectivity index (χ0) is 21.1. The maximum absolute atomic E-state index is 12.6. The van der Waals surface area contributed by atoms with Gasteiger partial charge >= 0.3 is 0 Å². The van der Waals surface area contributed by atoms with E-state index in [1.807, 2.05) is 18.2 Å². The average Bonchev–Trinajstić information content (AvgIpc) is 2.77. The zero-order valence-electron chi connectivity index (χ0n) is 16.2. The number of hydrogen-bond acceptors (Lipinski definition) is 7. The average molecular weight is 402 g/mol. The predicted octanol–water partition coefficient (Wildman–Crippen LogP) is -0.122. The number of para-hydroxylation sites is 1. The summed E-state index contributed by atoms with van der Waals surface area (Å²) in [5.74, 6) is -1.34. The first-order valence-corrected chi connectivity index (χ1v) is 9.25. The quantitative estimate of drug-likeness (QED) is 0.210. The molecule has 10 nitrogen and oxygen atoms in total. The Morgan fingerprint density at radius 2 is 1.97 bits per heavy atom. The van der Waals surface area contributed by atoms with Crippen molar-refractivity contribution in [3.05, 3.63) is 30.3 Å². The Balaban J connectivity index is 2.02. The molecule has 0 bridgehead atoms. The Morgan fingerprint density at radius 1 is 1.28 bits per heavy atom. The van der Waals surface area contributed by atoms with Gasteiger partial charge in [0.15, 0.2) is 0 Å². The van der Waals surface area contributed by atoms with Gasteiger partial charge in [-0.15, -0.1) is 0 Å². The molecule has 1 atom stereocenters. The second-order valence-electron chi connectivity index (χ2n) is 6.53. The maximum atomic E-state index is 12.6. The lowest BCUT2D eigenvalue weighted by Gasteiger charge is -2.40. The highest BCUT2D eigenvalue weighted by Gasteiger charge is 2.45. The van der Waals surface area contributed by atoms with Gasteiger partial charge in [-0.3, -0.25) is 25.2 Å². The lowest BCUT2D eigenvalue weighted by Crippen LogP contribution is -2.67. The van der Waals surface area contributed by atoms with Crippen molar-refractivity contribution < 1.29 is 19.1 Å². The third kappa shape index (κ3) is 5.85. The molecule has 29 heavy (non-hydrogen) atoms. The van der Waals surface area contributed by atoms with E-state index in [4.69, 9.17) is 10.1 Å². The highest BCUT2D eigenvalue weighted by molar-refractivity contribution is 6.59. The fourth-order valence-electron chi connectivity index (χ4n) is 3.22. The van der Waals surface area contributed by atoms with E-state index in [0.717, 1.165) is 6.21 Å². The molecule has 1 aliphatic rings. The van der Waals surface area contributed by atoms with Gasteiger partial charge in [-0.05, 0) is 30.9 Å². The third-order valence-corrected chi connectivity index (χ3v) is 4.80. The minimum Gasteiger partial charge on any atom is -0.381 e. The molecule has 0 saturated carbocycles. The van der Waals surface area contributed by atoms with Crippen molar-refractivity contribution in [1.29, 1.82) is 5.41 Å². The van der Waals surface area contributed by atoms with Crippen molar-refractivity contribution in [2.24, 2.45) is 11.0 Å². The number of carbonyl (C=O) groups is 3.